The summed E-state index contributed by atoms with van der Waals surface area (Å²) in [5, 5.41) is 9.08. The van der Waals surface area contributed by atoms with Gasteiger partial charge in [-0.2, -0.15) is 0 Å². The van der Waals surface area contributed by atoms with E-state index in [9.17, 15) is 13.6 Å². The molecule has 2 aromatic heterocycles. The van der Waals surface area contributed by atoms with Gasteiger partial charge in [-0.1, -0.05) is 6.07 Å². The molecular formula is C14H8F2N2O2. The van der Waals surface area contributed by atoms with Crippen LogP contribution in [0.2, 0.25) is 0 Å². The Kier molecular flexibility index (Phi) is 2.71. The monoisotopic (exact) mass is 274 g/mol. The number of benzene rings is 1. The molecule has 2 heterocycles. The van der Waals surface area contributed by atoms with E-state index in [2.05, 4.69) is 4.98 Å². The summed E-state index contributed by atoms with van der Waals surface area (Å²) in [7, 11) is 0. The molecule has 1 aromatic carbocycles. The Balaban J connectivity index is 2.23. The van der Waals surface area contributed by atoms with Crippen LogP contribution in [0, 0.1) is 11.6 Å². The van der Waals surface area contributed by atoms with Crippen LogP contribution in [-0.2, 0) is 0 Å². The molecule has 6 heteroatoms. The average molecular weight is 274 g/mol. The third kappa shape index (κ3) is 1.91. The second-order valence-electron chi connectivity index (χ2n) is 4.19. The van der Waals surface area contributed by atoms with E-state index in [1.54, 1.807) is 12.1 Å². The third-order valence-corrected chi connectivity index (χ3v) is 2.92. The zero-order valence-corrected chi connectivity index (χ0v) is 10.0. The van der Waals surface area contributed by atoms with Crippen molar-refractivity contribution in [1.29, 1.82) is 0 Å². The molecule has 1 N–H and O–H groups in total. The standard InChI is InChI=1S/C14H8F2N2O2/c15-8-4-5-9(10(16)6-8)11-7-18-12(14(19)20)2-1-3-13(18)17-11/h1-7H,(H,19,20). The van der Waals surface area contributed by atoms with Crippen molar-refractivity contribution < 1.29 is 18.7 Å². The number of aromatic nitrogens is 2. The van der Waals surface area contributed by atoms with E-state index >= 15 is 0 Å². The summed E-state index contributed by atoms with van der Waals surface area (Å²) < 4.78 is 28.0. The van der Waals surface area contributed by atoms with Gasteiger partial charge in [0.05, 0.1) is 5.69 Å². The summed E-state index contributed by atoms with van der Waals surface area (Å²) in [4.78, 5) is 15.3. The molecule has 0 saturated carbocycles. The Morgan fingerprint density at radius 1 is 1.20 bits per heavy atom. The predicted molar refractivity (Wildman–Crippen MR) is 67.5 cm³/mol. The minimum Gasteiger partial charge on any atom is -0.477 e. The maximum Gasteiger partial charge on any atom is 0.352 e. The summed E-state index contributed by atoms with van der Waals surface area (Å²) in [5.41, 5.74) is 0.759. The van der Waals surface area contributed by atoms with Crippen LogP contribution >= 0.6 is 0 Å². The van der Waals surface area contributed by atoms with Crippen LogP contribution in [0.4, 0.5) is 8.78 Å². The van der Waals surface area contributed by atoms with Gasteiger partial charge in [0.2, 0.25) is 0 Å². The van der Waals surface area contributed by atoms with Crippen molar-refractivity contribution in [2.45, 2.75) is 0 Å². The molecule has 20 heavy (non-hydrogen) atoms. The number of pyridine rings is 1. The number of hydrogen-bond acceptors (Lipinski definition) is 2. The number of hydrogen-bond donors (Lipinski definition) is 1. The van der Waals surface area contributed by atoms with Crippen LogP contribution < -0.4 is 0 Å². The molecule has 0 atom stereocenters. The van der Waals surface area contributed by atoms with Crippen molar-refractivity contribution in [3.8, 4) is 11.3 Å². The zero-order valence-electron chi connectivity index (χ0n) is 10.0. The molecule has 0 bridgehead atoms. The minimum atomic E-state index is -1.11. The van der Waals surface area contributed by atoms with Crippen LogP contribution in [0.15, 0.2) is 42.6 Å². The Bertz CT molecular complexity index is 827. The quantitative estimate of drug-likeness (QED) is 0.781. The second kappa shape index (κ2) is 4.41. The lowest BCUT2D eigenvalue weighted by molar-refractivity contribution is 0.0689. The molecule has 100 valence electrons. The van der Waals surface area contributed by atoms with E-state index in [-0.39, 0.29) is 17.0 Å². The highest BCUT2D eigenvalue weighted by atomic mass is 19.1. The number of aromatic carboxylic acids is 1. The number of carbonyl (C=O) groups is 1. The van der Waals surface area contributed by atoms with Gasteiger partial charge < -0.3 is 5.11 Å². The van der Waals surface area contributed by atoms with Crippen LogP contribution in [0.3, 0.4) is 0 Å². The van der Waals surface area contributed by atoms with E-state index in [0.717, 1.165) is 12.1 Å². The zero-order chi connectivity index (χ0) is 14.3. The van der Waals surface area contributed by atoms with Crippen molar-refractivity contribution in [3.05, 3.63) is 59.9 Å². The molecule has 3 rings (SSSR count). The predicted octanol–water partition coefficient (Wildman–Crippen LogP) is 2.98. The van der Waals surface area contributed by atoms with E-state index in [1.807, 2.05) is 0 Å². The first-order chi connectivity index (χ1) is 9.56. The van der Waals surface area contributed by atoms with Gasteiger partial charge in [0.25, 0.3) is 0 Å². The highest BCUT2D eigenvalue weighted by molar-refractivity contribution is 5.87. The molecule has 0 fully saturated rings. The summed E-state index contributed by atoms with van der Waals surface area (Å²) >= 11 is 0. The molecule has 3 aromatic rings. The Morgan fingerprint density at radius 3 is 2.70 bits per heavy atom. The van der Waals surface area contributed by atoms with Gasteiger partial charge in [-0.25, -0.2) is 18.6 Å². The molecule has 4 nitrogen and oxygen atoms in total. The van der Waals surface area contributed by atoms with Crippen LogP contribution in [0.25, 0.3) is 16.9 Å². The van der Waals surface area contributed by atoms with Crippen molar-refractivity contribution in [2.24, 2.45) is 0 Å². The van der Waals surface area contributed by atoms with Crippen LogP contribution in [0.5, 0.6) is 0 Å². The molecule has 0 unspecified atom stereocenters. The molecule has 0 aliphatic carbocycles. The number of imidazole rings is 1. The molecular weight excluding hydrogens is 266 g/mol. The number of halogens is 2. The normalized spacial score (nSPS) is 10.9. The molecule has 0 amide bonds. The second-order valence-corrected chi connectivity index (χ2v) is 4.19. The molecule has 0 spiro atoms. The fourth-order valence-electron chi connectivity index (χ4n) is 2.01. The summed E-state index contributed by atoms with van der Waals surface area (Å²) in [5.74, 6) is -2.54. The molecule has 0 radical (unpaired) electrons. The van der Waals surface area contributed by atoms with Gasteiger partial charge in [-0.15, -0.1) is 0 Å². The minimum absolute atomic E-state index is 0.0174. The summed E-state index contributed by atoms with van der Waals surface area (Å²) in [6.45, 7) is 0. The summed E-state index contributed by atoms with van der Waals surface area (Å²) in [6, 6.07) is 7.74. The van der Waals surface area contributed by atoms with Gasteiger partial charge in [0.15, 0.2) is 0 Å². The number of fused-ring (bicyclic) bond motifs is 1. The van der Waals surface area contributed by atoms with E-state index in [4.69, 9.17) is 5.11 Å². The first kappa shape index (κ1) is 12.3. The highest BCUT2D eigenvalue weighted by Gasteiger charge is 2.14. The molecule has 0 saturated heterocycles. The molecule has 0 aliphatic rings. The van der Waals surface area contributed by atoms with Crippen molar-refractivity contribution in [1.82, 2.24) is 9.38 Å². The van der Waals surface area contributed by atoms with Crippen molar-refractivity contribution in [2.75, 3.05) is 0 Å². The SMILES string of the molecule is O=C(O)c1cccc2nc(-c3ccc(F)cc3F)cn12. The van der Waals surface area contributed by atoms with Crippen LogP contribution in [0.1, 0.15) is 10.5 Å². The molecule has 0 aliphatic heterocycles. The lowest BCUT2D eigenvalue weighted by Gasteiger charge is -1.99. The Morgan fingerprint density at radius 2 is 2.00 bits per heavy atom. The smallest absolute Gasteiger partial charge is 0.352 e. The number of rotatable bonds is 2. The van der Waals surface area contributed by atoms with Crippen molar-refractivity contribution in [3.63, 3.8) is 0 Å². The average Bonchev–Trinajstić information content (AvgIpc) is 2.81. The number of carboxylic acids is 1. The first-order valence-corrected chi connectivity index (χ1v) is 5.73. The highest BCUT2D eigenvalue weighted by Crippen LogP contribution is 2.23. The van der Waals surface area contributed by atoms with Crippen molar-refractivity contribution >= 4 is 11.6 Å². The van der Waals surface area contributed by atoms with Gasteiger partial charge >= 0.3 is 5.97 Å². The maximum atomic E-state index is 13.7. The number of carboxylic acid groups (broad SMARTS) is 1. The fraction of sp³-hybridized carbons (Fsp3) is 0. The third-order valence-electron chi connectivity index (χ3n) is 2.92. The van der Waals surface area contributed by atoms with Gasteiger partial charge in [0, 0.05) is 17.8 Å². The van der Waals surface area contributed by atoms with E-state index < -0.39 is 17.6 Å². The van der Waals surface area contributed by atoms with E-state index in [0.29, 0.717) is 5.65 Å². The summed E-state index contributed by atoms with van der Waals surface area (Å²) in [6.07, 6.45) is 1.41. The number of nitrogens with zero attached hydrogens (tertiary/aromatic N) is 2. The first-order valence-electron chi connectivity index (χ1n) is 5.73. The maximum absolute atomic E-state index is 13.7. The lowest BCUT2D eigenvalue weighted by atomic mass is 10.1. The lowest BCUT2D eigenvalue weighted by Crippen LogP contribution is -2.03. The van der Waals surface area contributed by atoms with Gasteiger partial charge in [-0.05, 0) is 24.3 Å². The fourth-order valence-corrected chi connectivity index (χ4v) is 2.01. The Labute approximate surface area is 111 Å². The van der Waals surface area contributed by atoms with E-state index in [1.165, 1.54) is 22.7 Å². The largest absolute Gasteiger partial charge is 0.477 e. The van der Waals surface area contributed by atoms with Gasteiger partial charge in [0.1, 0.15) is 23.0 Å². The topological polar surface area (TPSA) is 54.6 Å². The van der Waals surface area contributed by atoms with Crippen LogP contribution in [-0.4, -0.2) is 20.5 Å². The van der Waals surface area contributed by atoms with Gasteiger partial charge in [-0.3, -0.25) is 4.40 Å². The Hall–Kier alpha value is -2.76.